The number of carboxylic acid groups (broad SMARTS) is 1. The van der Waals surface area contributed by atoms with Gasteiger partial charge in [0.2, 0.25) is 5.91 Å². The molecule has 1 saturated carbocycles. The minimum atomic E-state index is -4.64. The first kappa shape index (κ1) is 44.5. The SMILES string of the molecule is CCC(CC(C(=O)[O-])C1CCCC1CC(CC(C)C(=O)OC(C[N+](C)(C)CC)C[N+](C)(C)CC)c1ccc(S(=O)(=O)[O-])cc1)C(N)=O.[Na+]. The maximum atomic E-state index is 13.7. The second-order valence-electron chi connectivity index (χ2n) is 15.0. The summed E-state index contributed by atoms with van der Waals surface area (Å²) >= 11 is 0. The number of nitrogens with zero attached hydrogens (tertiary/aromatic N) is 2. The van der Waals surface area contributed by atoms with E-state index in [0.717, 1.165) is 31.5 Å². The van der Waals surface area contributed by atoms with Crippen LogP contribution in [-0.2, 0) is 29.2 Å². The Morgan fingerprint density at radius 3 is 1.94 bits per heavy atom. The monoisotopic (exact) mass is 704 g/mol. The fraction of sp³-hybridized carbons (Fsp3) is 0.743. The summed E-state index contributed by atoms with van der Waals surface area (Å²) in [5, 5.41) is 12.4. The molecule has 0 aromatic heterocycles. The molecule has 0 saturated heterocycles. The summed E-state index contributed by atoms with van der Waals surface area (Å²) in [5.41, 5.74) is 6.33. The molecule has 6 atom stereocenters. The predicted molar refractivity (Wildman–Crippen MR) is 177 cm³/mol. The number of hydrogen-bond donors (Lipinski definition) is 1. The Balaban J connectivity index is 0.0000115. The summed E-state index contributed by atoms with van der Waals surface area (Å²) < 4.78 is 42.5. The van der Waals surface area contributed by atoms with Crippen LogP contribution in [0.25, 0.3) is 0 Å². The minimum absolute atomic E-state index is 0. The summed E-state index contributed by atoms with van der Waals surface area (Å²) in [6.07, 6.45) is 3.49. The maximum Gasteiger partial charge on any atom is 1.00 e. The number of carbonyl (C=O) groups excluding carboxylic acids is 3. The van der Waals surface area contributed by atoms with E-state index in [2.05, 4.69) is 42.0 Å². The topological polar surface area (TPSA) is 167 Å². The Kier molecular flexibility index (Phi) is 17.8. The van der Waals surface area contributed by atoms with Crippen LogP contribution >= 0.6 is 0 Å². The van der Waals surface area contributed by atoms with Gasteiger partial charge in [-0.05, 0) is 81.4 Å². The third kappa shape index (κ3) is 13.6. The smallest absolute Gasteiger partial charge is 0.744 e. The van der Waals surface area contributed by atoms with Crippen molar-refractivity contribution in [3.05, 3.63) is 29.8 Å². The number of ether oxygens (including phenoxy) is 1. The number of carbonyl (C=O) groups is 3. The van der Waals surface area contributed by atoms with Crippen LogP contribution in [0.2, 0.25) is 0 Å². The fourth-order valence-corrected chi connectivity index (χ4v) is 7.53. The summed E-state index contributed by atoms with van der Waals surface area (Å²) in [6.45, 7) is 11.0. The first-order chi connectivity index (χ1) is 21.7. The largest absolute Gasteiger partial charge is 1.00 e. The van der Waals surface area contributed by atoms with Crippen molar-refractivity contribution in [2.24, 2.45) is 35.3 Å². The van der Waals surface area contributed by atoms with Gasteiger partial charge in [-0.25, -0.2) is 8.42 Å². The third-order valence-electron chi connectivity index (χ3n) is 10.6. The number of rotatable bonds is 20. The second-order valence-corrected chi connectivity index (χ2v) is 16.4. The summed E-state index contributed by atoms with van der Waals surface area (Å²) in [6, 6.07) is 5.79. The van der Waals surface area contributed by atoms with Gasteiger partial charge >= 0.3 is 35.5 Å². The molecule has 0 aliphatic heterocycles. The first-order valence-corrected chi connectivity index (χ1v) is 18.5. The molecule has 0 spiro atoms. The average molecular weight is 705 g/mol. The van der Waals surface area contributed by atoms with Crippen LogP contribution in [0.4, 0.5) is 0 Å². The predicted octanol–water partition coefficient (Wildman–Crippen LogP) is -0.117. The van der Waals surface area contributed by atoms with E-state index in [4.69, 9.17) is 10.5 Å². The molecule has 48 heavy (non-hydrogen) atoms. The van der Waals surface area contributed by atoms with Crippen molar-refractivity contribution in [2.75, 3.05) is 54.4 Å². The van der Waals surface area contributed by atoms with Crippen molar-refractivity contribution in [3.8, 4) is 0 Å². The zero-order valence-corrected chi connectivity index (χ0v) is 33.6. The maximum absolute atomic E-state index is 13.7. The van der Waals surface area contributed by atoms with Crippen LogP contribution in [0.1, 0.15) is 84.1 Å². The number of carboxylic acids is 1. The fourth-order valence-electron chi connectivity index (χ4n) is 7.06. The van der Waals surface area contributed by atoms with E-state index in [9.17, 15) is 32.5 Å². The quantitative estimate of drug-likeness (QED) is 0.0850. The Bertz CT molecular complexity index is 1290. The number of hydrogen-bond acceptors (Lipinski definition) is 8. The molecule has 1 aliphatic carbocycles. The van der Waals surface area contributed by atoms with Crippen molar-refractivity contribution in [1.29, 1.82) is 0 Å². The molecule has 0 bridgehead atoms. The Morgan fingerprint density at radius 1 is 0.958 bits per heavy atom. The van der Waals surface area contributed by atoms with Crippen molar-refractivity contribution in [2.45, 2.75) is 89.6 Å². The third-order valence-corrected chi connectivity index (χ3v) is 11.5. The van der Waals surface area contributed by atoms with Crippen molar-refractivity contribution >= 4 is 28.0 Å². The molecule has 1 fully saturated rings. The molecule has 268 valence electrons. The number of aliphatic carboxylic acids is 1. The van der Waals surface area contributed by atoms with E-state index in [1.807, 2.05) is 13.8 Å². The van der Waals surface area contributed by atoms with Gasteiger partial charge in [-0.15, -0.1) is 0 Å². The molecule has 2 rings (SSSR count). The first-order valence-electron chi connectivity index (χ1n) is 17.1. The normalized spacial score (nSPS) is 19.6. The van der Waals surface area contributed by atoms with Gasteiger partial charge in [-0.2, -0.15) is 0 Å². The van der Waals surface area contributed by atoms with E-state index in [-0.39, 0.29) is 70.7 Å². The van der Waals surface area contributed by atoms with Gasteiger partial charge in [0.1, 0.15) is 23.2 Å². The van der Waals surface area contributed by atoms with Gasteiger partial charge < -0.3 is 33.9 Å². The molecule has 1 amide bonds. The summed E-state index contributed by atoms with van der Waals surface area (Å²) in [7, 11) is 3.81. The average Bonchev–Trinajstić information content (AvgIpc) is 3.43. The number of primary amides is 1. The van der Waals surface area contributed by atoms with E-state index in [1.54, 1.807) is 12.1 Å². The standard InChI is InChI=1S/C35H59N3O8S.Na/c1-9-25(33(36)39)21-32(34(40)41)31-14-12-13-27(31)20-28(26-15-17-30(18-16-26)47(43,44)45)19-24(4)35(42)46-29(22-37(5,6)10-2)23-38(7,8)11-3;/h15-18,24-25,27-29,31-32H,9-14,19-23H2,1-8H3,(H2-2,36,39,40,41,43,44,45);/q;+1. The van der Waals surface area contributed by atoms with Crippen molar-refractivity contribution in [1.82, 2.24) is 0 Å². The molecule has 1 aromatic carbocycles. The summed E-state index contributed by atoms with van der Waals surface area (Å²) in [4.78, 5) is 37.7. The van der Waals surface area contributed by atoms with Gasteiger partial charge in [0, 0.05) is 17.8 Å². The van der Waals surface area contributed by atoms with E-state index in [1.165, 1.54) is 12.1 Å². The molecular formula is C35H59N3NaO8S+. The molecule has 6 unspecified atom stereocenters. The molecule has 1 aromatic rings. The number of nitrogens with two attached hydrogens (primary N) is 1. The molecule has 2 N–H and O–H groups in total. The van der Waals surface area contributed by atoms with Gasteiger partial charge in [0.05, 0.1) is 52.1 Å². The molecule has 13 heteroatoms. The Labute approximate surface area is 311 Å². The van der Waals surface area contributed by atoms with E-state index < -0.39 is 39.7 Å². The van der Waals surface area contributed by atoms with Crippen LogP contribution in [0.15, 0.2) is 29.2 Å². The Hall–Kier alpha value is -1.54. The van der Waals surface area contributed by atoms with Gasteiger partial charge in [0.15, 0.2) is 6.10 Å². The van der Waals surface area contributed by atoms with Crippen molar-refractivity contribution in [3.63, 3.8) is 0 Å². The van der Waals surface area contributed by atoms with E-state index >= 15 is 0 Å². The van der Waals surface area contributed by atoms with Gasteiger partial charge in [-0.3, -0.25) is 9.59 Å². The van der Waals surface area contributed by atoms with Crippen LogP contribution in [0.3, 0.4) is 0 Å². The number of quaternary nitrogens is 2. The second kappa shape index (κ2) is 19.2. The summed E-state index contributed by atoms with van der Waals surface area (Å²) in [5.74, 6) is -4.42. The van der Waals surface area contributed by atoms with Crippen molar-refractivity contribution < 1.29 is 75.7 Å². The number of amides is 1. The number of esters is 1. The van der Waals surface area contributed by atoms with Crippen LogP contribution in [0, 0.1) is 29.6 Å². The van der Waals surface area contributed by atoms with E-state index in [0.29, 0.717) is 47.7 Å². The zero-order chi connectivity index (χ0) is 35.7. The number of likely N-dealkylation sites (N-methyl/N-ethyl adjacent to an activating group) is 2. The molecule has 11 nitrogen and oxygen atoms in total. The minimum Gasteiger partial charge on any atom is -0.744 e. The van der Waals surface area contributed by atoms with Crippen LogP contribution in [0.5, 0.6) is 0 Å². The number of benzene rings is 1. The van der Waals surface area contributed by atoms with Gasteiger partial charge in [-0.1, -0.05) is 38.8 Å². The van der Waals surface area contributed by atoms with Crippen LogP contribution in [-0.4, -0.2) is 100 Å². The van der Waals surface area contributed by atoms with Gasteiger partial charge in [0.25, 0.3) is 0 Å². The molecule has 0 heterocycles. The molecule has 0 radical (unpaired) electrons. The molecular weight excluding hydrogens is 645 g/mol. The Morgan fingerprint density at radius 2 is 1.50 bits per heavy atom. The van der Waals surface area contributed by atoms with Crippen LogP contribution < -0.4 is 40.4 Å². The molecule has 1 aliphatic rings. The zero-order valence-electron chi connectivity index (χ0n) is 30.8.